The minimum Gasteiger partial charge on any atom is -0.497 e. The first kappa shape index (κ1) is 20.6. The van der Waals surface area contributed by atoms with Crippen molar-refractivity contribution in [1.82, 2.24) is 14.9 Å². The second-order valence-electron chi connectivity index (χ2n) is 8.38. The van der Waals surface area contributed by atoms with Gasteiger partial charge < -0.3 is 14.5 Å². The normalized spacial score (nSPS) is 18.8. The van der Waals surface area contributed by atoms with Gasteiger partial charge in [-0.25, -0.2) is 9.97 Å². The first-order valence-corrected chi connectivity index (χ1v) is 11.1. The van der Waals surface area contributed by atoms with Crippen molar-refractivity contribution in [3.8, 4) is 5.75 Å². The monoisotopic (exact) mass is 408 g/mol. The first-order chi connectivity index (χ1) is 14.6. The van der Waals surface area contributed by atoms with Crippen LogP contribution in [-0.4, -0.2) is 47.5 Å². The van der Waals surface area contributed by atoms with E-state index >= 15 is 0 Å². The van der Waals surface area contributed by atoms with Crippen LogP contribution in [0.4, 0.5) is 5.82 Å². The van der Waals surface area contributed by atoms with E-state index in [9.17, 15) is 4.79 Å². The second-order valence-corrected chi connectivity index (χ2v) is 8.38. The molecule has 1 fully saturated rings. The van der Waals surface area contributed by atoms with E-state index in [1.54, 1.807) is 7.11 Å². The Bertz CT molecular complexity index is 897. The summed E-state index contributed by atoms with van der Waals surface area (Å²) in [7, 11) is 1.69. The van der Waals surface area contributed by atoms with Crippen molar-refractivity contribution >= 4 is 11.7 Å². The average molecular weight is 409 g/mol. The summed E-state index contributed by atoms with van der Waals surface area (Å²) in [6.07, 6.45) is 4.78. The van der Waals surface area contributed by atoms with Gasteiger partial charge in [-0.1, -0.05) is 19.1 Å². The molecule has 1 aromatic carbocycles. The smallest absolute Gasteiger partial charge is 0.222 e. The molecule has 6 heteroatoms. The SMILES string of the molecule is CCC(=O)N1CCC[C@@H](c2nc(C)c3c(n2)N(Cc2ccc(OC)cc2)CCC3)C1. The average Bonchev–Trinajstić information content (AvgIpc) is 2.79. The minimum atomic E-state index is 0.225. The summed E-state index contributed by atoms with van der Waals surface area (Å²) in [6.45, 7) is 7.47. The predicted molar refractivity (Wildman–Crippen MR) is 118 cm³/mol. The van der Waals surface area contributed by atoms with E-state index in [0.29, 0.717) is 6.42 Å². The van der Waals surface area contributed by atoms with E-state index in [1.165, 1.54) is 11.1 Å². The Morgan fingerprint density at radius 2 is 1.97 bits per heavy atom. The Morgan fingerprint density at radius 3 is 2.70 bits per heavy atom. The van der Waals surface area contributed by atoms with Gasteiger partial charge >= 0.3 is 0 Å². The molecule has 0 N–H and O–H groups in total. The Labute approximate surface area is 179 Å². The number of aromatic nitrogens is 2. The highest BCUT2D eigenvalue weighted by molar-refractivity contribution is 5.76. The molecular weight excluding hydrogens is 376 g/mol. The fourth-order valence-corrected chi connectivity index (χ4v) is 4.63. The summed E-state index contributed by atoms with van der Waals surface area (Å²) < 4.78 is 5.29. The molecule has 0 radical (unpaired) electrons. The summed E-state index contributed by atoms with van der Waals surface area (Å²) in [5.41, 5.74) is 3.61. The Balaban J connectivity index is 1.59. The Kier molecular flexibility index (Phi) is 6.21. The molecule has 3 heterocycles. The highest BCUT2D eigenvalue weighted by Gasteiger charge is 2.29. The number of methoxy groups -OCH3 is 1. The van der Waals surface area contributed by atoms with Gasteiger partial charge in [-0.2, -0.15) is 0 Å². The molecule has 2 aromatic rings. The predicted octanol–water partition coefficient (Wildman–Crippen LogP) is 3.86. The number of carbonyl (C=O) groups excluding carboxylic acids is 1. The van der Waals surface area contributed by atoms with Crippen LogP contribution >= 0.6 is 0 Å². The van der Waals surface area contributed by atoms with Crippen LogP contribution in [0.5, 0.6) is 5.75 Å². The highest BCUT2D eigenvalue weighted by atomic mass is 16.5. The molecule has 1 amide bonds. The molecule has 30 heavy (non-hydrogen) atoms. The van der Waals surface area contributed by atoms with Crippen LogP contribution in [0.3, 0.4) is 0 Å². The molecular formula is C24H32N4O2. The number of fused-ring (bicyclic) bond motifs is 1. The standard InChI is InChI=1S/C24H32N4O2/c1-4-22(29)27-13-5-7-19(16-27)23-25-17(2)21-8-6-14-28(24(21)26-23)15-18-9-11-20(30-3)12-10-18/h9-12,19H,4-8,13-16H2,1-3H3/t19-/m1/s1. The zero-order valence-corrected chi connectivity index (χ0v) is 18.4. The number of piperidine rings is 1. The summed E-state index contributed by atoms with van der Waals surface area (Å²) >= 11 is 0. The number of rotatable bonds is 5. The zero-order valence-electron chi connectivity index (χ0n) is 18.4. The topological polar surface area (TPSA) is 58.6 Å². The van der Waals surface area contributed by atoms with Crippen molar-refractivity contribution in [2.75, 3.05) is 31.6 Å². The number of aryl methyl sites for hydroxylation is 1. The van der Waals surface area contributed by atoms with Gasteiger partial charge in [-0.3, -0.25) is 4.79 Å². The largest absolute Gasteiger partial charge is 0.497 e. The Morgan fingerprint density at radius 1 is 1.17 bits per heavy atom. The van der Waals surface area contributed by atoms with Crippen LogP contribution < -0.4 is 9.64 Å². The zero-order chi connectivity index (χ0) is 21.1. The quantitative estimate of drug-likeness (QED) is 0.752. The lowest BCUT2D eigenvalue weighted by Gasteiger charge is -2.34. The molecule has 1 aromatic heterocycles. The lowest BCUT2D eigenvalue weighted by atomic mass is 9.95. The van der Waals surface area contributed by atoms with Crippen molar-refractivity contribution in [3.63, 3.8) is 0 Å². The number of likely N-dealkylation sites (tertiary alicyclic amines) is 1. The van der Waals surface area contributed by atoms with Gasteiger partial charge in [0.2, 0.25) is 5.91 Å². The van der Waals surface area contributed by atoms with Gasteiger partial charge in [0.1, 0.15) is 17.4 Å². The lowest BCUT2D eigenvalue weighted by Crippen LogP contribution is -2.39. The van der Waals surface area contributed by atoms with Crippen LogP contribution in [0, 0.1) is 6.92 Å². The number of amides is 1. The number of nitrogens with zero attached hydrogens (tertiary/aromatic N) is 4. The third-order valence-corrected chi connectivity index (χ3v) is 6.34. The van der Waals surface area contributed by atoms with E-state index in [2.05, 4.69) is 24.0 Å². The molecule has 4 rings (SSSR count). The van der Waals surface area contributed by atoms with Crippen LogP contribution in [0.25, 0.3) is 0 Å². The van der Waals surface area contributed by atoms with Crippen LogP contribution in [0.15, 0.2) is 24.3 Å². The number of carbonyl (C=O) groups is 1. The van der Waals surface area contributed by atoms with E-state index in [-0.39, 0.29) is 11.8 Å². The molecule has 6 nitrogen and oxygen atoms in total. The summed E-state index contributed by atoms with van der Waals surface area (Å²) in [6, 6.07) is 8.27. The maximum absolute atomic E-state index is 12.2. The number of anilines is 1. The third-order valence-electron chi connectivity index (χ3n) is 6.34. The molecule has 0 spiro atoms. The van der Waals surface area contributed by atoms with Gasteiger partial charge in [0.05, 0.1) is 7.11 Å². The van der Waals surface area contributed by atoms with Gasteiger partial charge in [0.15, 0.2) is 0 Å². The van der Waals surface area contributed by atoms with E-state index < -0.39 is 0 Å². The maximum Gasteiger partial charge on any atom is 0.222 e. The third kappa shape index (κ3) is 4.27. The fourth-order valence-electron chi connectivity index (χ4n) is 4.63. The molecule has 2 aliphatic heterocycles. The summed E-state index contributed by atoms with van der Waals surface area (Å²) in [5, 5.41) is 0. The molecule has 0 bridgehead atoms. The van der Waals surface area contributed by atoms with Crippen LogP contribution in [-0.2, 0) is 17.8 Å². The molecule has 0 aliphatic carbocycles. The van der Waals surface area contributed by atoms with Gasteiger partial charge in [-0.15, -0.1) is 0 Å². The summed E-state index contributed by atoms with van der Waals surface area (Å²) in [4.78, 5) is 26.6. The number of benzene rings is 1. The summed E-state index contributed by atoms with van der Waals surface area (Å²) in [5.74, 6) is 3.32. The lowest BCUT2D eigenvalue weighted by molar-refractivity contribution is -0.132. The number of hydrogen-bond donors (Lipinski definition) is 0. The Hall–Kier alpha value is -2.63. The highest BCUT2D eigenvalue weighted by Crippen LogP contribution is 2.32. The number of ether oxygens (including phenoxy) is 1. The van der Waals surface area contributed by atoms with Gasteiger partial charge in [0, 0.05) is 49.8 Å². The number of hydrogen-bond acceptors (Lipinski definition) is 5. The second kappa shape index (κ2) is 9.02. The van der Waals surface area contributed by atoms with E-state index in [0.717, 1.165) is 74.9 Å². The van der Waals surface area contributed by atoms with Crippen LogP contribution in [0.2, 0.25) is 0 Å². The van der Waals surface area contributed by atoms with Crippen molar-refractivity contribution in [2.24, 2.45) is 0 Å². The molecule has 160 valence electrons. The van der Waals surface area contributed by atoms with Crippen molar-refractivity contribution in [3.05, 3.63) is 46.9 Å². The minimum absolute atomic E-state index is 0.225. The van der Waals surface area contributed by atoms with Crippen molar-refractivity contribution in [2.45, 2.75) is 58.4 Å². The maximum atomic E-state index is 12.2. The molecule has 0 saturated carbocycles. The molecule has 2 aliphatic rings. The molecule has 1 saturated heterocycles. The van der Waals surface area contributed by atoms with E-state index in [4.69, 9.17) is 14.7 Å². The molecule has 1 atom stereocenters. The van der Waals surface area contributed by atoms with E-state index in [1.807, 2.05) is 24.0 Å². The molecule has 0 unspecified atom stereocenters. The van der Waals surface area contributed by atoms with Crippen molar-refractivity contribution < 1.29 is 9.53 Å². The van der Waals surface area contributed by atoms with Gasteiger partial charge in [-0.05, 0) is 50.3 Å². The fraction of sp³-hybridized carbons (Fsp3) is 0.542. The first-order valence-electron chi connectivity index (χ1n) is 11.1. The van der Waals surface area contributed by atoms with Gasteiger partial charge in [0.25, 0.3) is 0 Å². The van der Waals surface area contributed by atoms with Crippen LogP contribution in [0.1, 0.15) is 61.2 Å². The van der Waals surface area contributed by atoms with Crippen molar-refractivity contribution in [1.29, 1.82) is 0 Å².